The molecule has 1 aliphatic carbocycles. The monoisotopic (exact) mass is 314 g/mol. The minimum atomic E-state index is -5.02. The smallest absolute Gasteiger partial charge is 0.432 e. The van der Waals surface area contributed by atoms with E-state index in [1.54, 1.807) is 0 Å². The minimum Gasteiger partial charge on any atom is -0.455 e. The van der Waals surface area contributed by atoms with Gasteiger partial charge >= 0.3 is 12.1 Å². The van der Waals surface area contributed by atoms with E-state index in [1.807, 2.05) is 0 Å². The highest BCUT2D eigenvalue weighted by atomic mass is 19.4. The summed E-state index contributed by atoms with van der Waals surface area (Å²) in [5.41, 5.74) is -3.61. The number of rotatable bonds is 4. The number of hydrogen-bond acceptors (Lipinski definition) is 4. The molecule has 2 rings (SSSR count). The average molecular weight is 314 g/mol. The zero-order chi connectivity index (χ0) is 16.4. The molecule has 0 saturated carbocycles. The number of benzene rings is 1. The van der Waals surface area contributed by atoms with Gasteiger partial charge < -0.3 is 9.47 Å². The van der Waals surface area contributed by atoms with Gasteiger partial charge in [-0.15, -0.1) is 0 Å². The van der Waals surface area contributed by atoms with Crippen molar-refractivity contribution in [2.45, 2.75) is 24.3 Å². The van der Waals surface area contributed by atoms with E-state index in [-0.39, 0.29) is 17.8 Å². The summed E-state index contributed by atoms with van der Waals surface area (Å²) in [5.74, 6) is -1.91. The van der Waals surface area contributed by atoms with E-state index in [2.05, 4.69) is 4.74 Å². The van der Waals surface area contributed by atoms with E-state index < -0.39 is 23.9 Å². The normalized spacial score (nSPS) is 20.7. The van der Waals surface area contributed by atoms with E-state index in [4.69, 9.17) is 4.74 Å². The second kappa shape index (κ2) is 5.92. The summed E-state index contributed by atoms with van der Waals surface area (Å²) in [6.45, 7) is 0. The van der Waals surface area contributed by atoms with Crippen LogP contribution in [0.1, 0.15) is 12.0 Å². The maximum absolute atomic E-state index is 13.6. The van der Waals surface area contributed by atoms with Crippen LogP contribution in [0.3, 0.4) is 0 Å². The number of hydrogen-bond donors (Lipinski definition) is 0. The van der Waals surface area contributed by atoms with Crippen molar-refractivity contribution >= 4 is 11.8 Å². The van der Waals surface area contributed by atoms with Crippen molar-refractivity contribution in [3.63, 3.8) is 0 Å². The van der Waals surface area contributed by atoms with Gasteiger partial charge in [0.2, 0.25) is 0 Å². The second-order valence-electron chi connectivity index (χ2n) is 4.72. The quantitative estimate of drug-likeness (QED) is 0.802. The molecule has 0 amide bonds. The summed E-state index contributed by atoms with van der Waals surface area (Å²) < 4.78 is 50.1. The van der Waals surface area contributed by atoms with Crippen LogP contribution in [0.2, 0.25) is 0 Å². The lowest BCUT2D eigenvalue weighted by Gasteiger charge is -2.33. The molecule has 0 aliphatic heterocycles. The molecule has 0 aromatic heterocycles. The molecule has 0 heterocycles. The zero-order valence-electron chi connectivity index (χ0n) is 11.6. The highest BCUT2D eigenvalue weighted by molar-refractivity contribution is 5.93. The Labute approximate surface area is 124 Å². The Hall–Kier alpha value is -2.15. The Bertz CT molecular complexity index is 595. The van der Waals surface area contributed by atoms with Crippen LogP contribution in [0.15, 0.2) is 42.5 Å². The zero-order valence-corrected chi connectivity index (χ0v) is 11.6. The molecule has 0 spiro atoms. The summed E-state index contributed by atoms with van der Waals surface area (Å²) in [4.78, 5) is 23.3. The second-order valence-corrected chi connectivity index (χ2v) is 4.72. The fourth-order valence-electron chi connectivity index (χ4n) is 2.24. The average Bonchev–Trinajstić information content (AvgIpc) is 2.85. The molecule has 2 atom stereocenters. The molecule has 7 heteroatoms. The molecule has 4 nitrogen and oxygen atoms in total. The van der Waals surface area contributed by atoms with Crippen LogP contribution >= 0.6 is 0 Å². The lowest BCUT2D eigenvalue weighted by atomic mass is 9.92. The lowest BCUT2D eigenvalue weighted by Crippen LogP contribution is -2.52. The number of allylic oxidation sites excluding steroid dienone is 1. The number of carbonyl (C=O) groups excluding carboxylic acids is 2. The Balaban J connectivity index is 2.38. The number of halogens is 3. The van der Waals surface area contributed by atoms with Crippen LogP contribution in [0.25, 0.3) is 0 Å². The molecule has 22 heavy (non-hydrogen) atoms. The summed E-state index contributed by atoms with van der Waals surface area (Å²) in [6, 6.07) is 6.51. The SMILES string of the molecule is CO[C@@](C(=O)O[C@H]1C=CC(=O)C1)(c1ccccc1)C(F)(F)F. The van der Waals surface area contributed by atoms with Gasteiger partial charge in [-0.1, -0.05) is 30.3 Å². The Morgan fingerprint density at radius 2 is 1.86 bits per heavy atom. The van der Waals surface area contributed by atoms with Gasteiger partial charge in [-0.25, -0.2) is 4.79 Å². The van der Waals surface area contributed by atoms with Gasteiger partial charge in [0.15, 0.2) is 5.78 Å². The first-order valence-corrected chi connectivity index (χ1v) is 6.41. The molecule has 118 valence electrons. The van der Waals surface area contributed by atoms with Crippen molar-refractivity contribution in [3.05, 3.63) is 48.0 Å². The van der Waals surface area contributed by atoms with E-state index in [0.717, 1.165) is 19.2 Å². The van der Waals surface area contributed by atoms with Crippen molar-refractivity contribution in [3.8, 4) is 0 Å². The molecule has 0 unspecified atom stereocenters. The van der Waals surface area contributed by atoms with Gasteiger partial charge in [-0.2, -0.15) is 13.2 Å². The third kappa shape index (κ3) is 2.76. The number of esters is 1. The van der Waals surface area contributed by atoms with Crippen LogP contribution in [0.5, 0.6) is 0 Å². The number of ether oxygens (including phenoxy) is 2. The third-order valence-electron chi connectivity index (χ3n) is 3.33. The van der Waals surface area contributed by atoms with Crippen molar-refractivity contribution in [2.75, 3.05) is 7.11 Å². The van der Waals surface area contributed by atoms with Crippen LogP contribution < -0.4 is 0 Å². The predicted molar refractivity (Wildman–Crippen MR) is 69.8 cm³/mol. The van der Waals surface area contributed by atoms with Crippen LogP contribution in [0, 0.1) is 0 Å². The van der Waals surface area contributed by atoms with Gasteiger partial charge in [0.25, 0.3) is 5.60 Å². The summed E-state index contributed by atoms with van der Waals surface area (Å²) in [5, 5.41) is 0. The Morgan fingerprint density at radius 1 is 1.23 bits per heavy atom. The van der Waals surface area contributed by atoms with E-state index in [1.165, 1.54) is 30.4 Å². The number of alkyl halides is 3. The summed E-state index contributed by atoms with van der Waals surface area (Å²) in [6.07, 6.45) is -3.78. The van der Waals surface area contributed by atoms with E-state index in [0.29, 0.717) is 0 Å². The molecule has 0 N–H and O–H groups in total. The van der Waals surface area contributed by atoms with Crippen LogP contribution in [-0.4, -0.2) is 31.1 Å². The van der Waals surface area contributed by atoms with Gasteiger partial charge in [0.1, 0.15) is 6.10 Å². The Kier molecular flexibility index (Phi) is 4.37. The van der Waals surface area contributed by atoms with E-state index in [9.17, 15) is 22.8 Å². The third-order valence-corrected chi connectivity index (χ3v) is 3.33. The summed E-state index contributed by atoms with van der Waals surface area (Å²) >= 11 is 0. The number of carbonyl (C=O) groups is 2. The van der Waals surface area contributed by atoms with Crippen LogP contribution in [-0.2, 0) is 24.7 Å². The van der Waals surface area contributed by atoms with Crippen LogP contribution in [0.4, 0.5) is 13.2 Å². The van der Waals surface area contributed by atoms with Crippen molar-refractivity contribution < 1.29 is 32.2 Å². The first-order chi connectivity index (χ1) is 10.3. The molecule has 0 saturated heterocycles. The molecule has 0 fully saturated rings. The van der Waals surface area contributed by atoms with Crippen molar-refractivity contribution in [1.82, 2.24) is 0 Å². The topological polar surface area (TPSA) is 52.6 Å². The molecular formula is C15H13F3O4. The molecular weight excluding hydrogens is 301 g/mol. The number of ketones is 1. The van der Waals surface area contributed by atoms with Crippen molar-refractivity contribution in [2.24, 2.45) is 0 Å². The lowest BCUT2D eigenvalue weighted by molar-refractivity contribution is -0.277. The summed E-state index contributed by atoms with van der Waals surface area (Å²) in [7, 11) is 0.789. The largest absolute Gasteiger partial charge is 0.455 e. The predicted octanol–water partition coefficient (Wildman–Crippen LogP) is 2.53. The Morgan fingerprint density at radius 3 is 2.32 bits per heavy atom. The van der Waals surface area contributed by atoms with Gasteiger partial charge in [0, 0.05) is 12.7 Å². The standard InChI is InChI=1S/C15H13F3O4/c1-21-14(15(16,17)18,10-5-3-2-4-6-10)13(20)22-12-8-7-11(19)9-12/h2-8,12H,9H2,1H3/t12-,14+/m0/s1. The fraction of sp³-hybridized carbons (Fsp3) is 0.333. The van der Waals surface area contributed by atoms with E-state index >= 15 is 0 Å². The first-order valence-electron chi connectivity index (χ1n) is 6.41. The van der Waals surface area contributed by atoms with Gasteiger partial charge in [-0.05, 0) is 12.2 Å². The molecule has 0 radical (unpaired) electrons. The maximum Gasteiger partial charge on any atom is 0.432 e. The molecule has 1 aromatic carbocycles. The van der Waals surface area contributed by atoms with Gasteiger partial charge in [-0.3, -0.25) is 4.79 Å². The highest BCUT2D eigenvalue weighted by Crippen LogP contribution is 2.43. The minimum absolute atomic E-state index is 0.168. The number of methoxy groups -OCH3 is 1. The molecule has 0 bridgehead atoms. The fourth-order valence-corrected chi connectivity index (χ4v) is 2.24. The highest BCUT2D eigenvalue weighted by Gasteiger charge is 2.64. The molecule has 1 aliphatic rings. The first kappa shape index (κ1) is 16.2. The maximum atomic E-state index is 13.6. The van der Waals surface area contributed by atoms with Crippen molar-refractivity contribution in [1.29, 1.82) is 0 Å². The van der Waals surface area contributed by atoms with Gasteiger partial charge in [0.05, 0.1) is 6.42 Å². The molecule has 1 aromatic rings.